The van der Waals surface area contributed by atoms with Crippen molar-refractivity contribution >= 4 is 22.6 Å². The molecule has 0 spiro atoms. The number of ether oxygens (including phenoxy) is 1. The van der Waals surface area contributed by atoms with Crippen LogP contribution in [0.1, 0.15) is 37.0 Å². The van der Waals surface area contributed by atoms with Gasteiger partial charge in [0.1, 0.15) is 11.4 Å². The van der Waals surface area contributed by atoms with Crippen LogP contribution in [0.25, 0.3) is 11.0 Å². The zero-order chi connectivity index (χ0) is 26.0. The second-order valence-electron chi connectivity index (χ2n) is 9.00. The zero-order valence-corrected chi connectivity index (χ0v) is 21.3. The molecule has 0 atom stereocenters. The van der Waals surface area contributed by atoms with E-state index >= 15 is 0 Å². The average Bonchev–Trinajstić information content (AvgIpc) is 2.90. The van der Waals surface area contributed by atoms with E-state index in [4.69, 9.17) is 4.74 Å². The molecule has 0 bridgehead atoms. The molecule has 1 aliphatic heterocycles. The molecule has 3 aromatic rings. The summed E-state index contributed by atoms with van der Waals surface area (Å²) in [5.41, 5.74) is -0.217. The van der Waals surface area contributed by atoms with Crippen molar-refractivity contribution in [2.75, 3.05) is 38.2 Å². The van der Waals surface area contributed by atoms with Gasteiger partial charge < -0.3 is 14.5 Å². The lowest BCUT2D eigenvalue weighted by atomic mass is 10.1. The Morgan fingerprint density at radius 1 is 0.944 bits per heavy atom. The van der Waals surface area contributed by atoms with Crippen molar-refractivity contribution in [2.24, 2.45) is 7.05 Å². The Kier molecular flexibility index (Phi) is 7.32. The number of benzene rings is 1. The monoisotopic (exact) mass is 495 g/mol. The third-order valence-electron chi connectivity index (χ3n) is 6.69. The van der Waals surface area contributed by atoms with Gasteiger partial charge in [0.05, 0.1) is 23.7 Å². The number of aromatic nitrogens is 3. The fraction of sp³-hybridized carbons (Fsp3) is 0.462. The van der Waals surface area contributed by atoms with E-state index in [1.165, 1.54) is 15.2 Å². The number of hydrogen-bond donors (Lipinski definition) is 0. The number of piperazine rings is 1. The molecule has 1 aliphatic rings. The van der Waals surface area contributed by atoms with Crippen molar-refractivity contribution in [1.29, 1.82) is 0 Å². The summed E-state index contributed by atoms with van der Waals surface area (Å²) in [6.07, 6.45) is 1.23. The largest absolute Gasteiger partial charge is 0.495 e. The second kappa shape index (κ2) is 10.4. The van der Waals surface area contributed by atoms with Crippen LogP contribution >= 0.6 is 0 Å². The average molecular weight is 496 g/mol. The molecule has 0 saturated carbocycles. The Balaban J connectivity index is 1.77. The molecule has 1 amide bonds. The van der Waals surface area contributed by atoms with Gasteiger partial charge in [-0.25, -0.2) is 4.79 Å². The maximum Gasteiger partial charge on any atom is 0.332 e. The first kappa shape index (κ1) is 25.3. The van der Waals surface area contributed by atoms with Gasteiger partial charge in [-0.3, -0.25) is 28.1 Å². The first-order valence-electron chi connectivity index (χ1n) is 12.4. The molecule has 1 aromatic carbocycles. The van der Waals surface area contributed by atoms with E-state index in [0.29, 0.717) is 45.6 Å². The fourth-order valence-electron chi connectivity index (χ4n) is 4.93. The normalized spacial score (nSPS) is 13.9. The van der Waals surface area contributed by atoms with Crippen LogP contribution < -0.4 is 26.4 Å². The first-order chi connectivity index (χ1) is 17.3. The summed E-state index contributed by atoms with van der Waals surface area (Å²) in [5.74, 6) is 0.388. The number of rotatable bonds is 7. The lowest BCUT2D eigenvalue weighted by molar-refractivity contribution is 0.0748. The van der Waals surface area contributed by atoms with E-state index < -0.39 is 16.8 Å². The van der Waals surface area contributed by atoms with E-state index in [-0.39, 0.29) is 29.0 Å². The first-order valence-corrected chi connectivity index (χ1v) is 12.4. The molecule has 3 heterocycles. The Morgan fingerprint density at radius 2 is 1.58 bits per heavy atom. The molecule has 1 fully saturated rings. The molecule has 0 unspecified atom stereocenters. The molecule has 36 heavy (non-hydrogen) atoms. The SMILES string of the molecule is CCCn1c(=O)c2c(C(=O)N3CCN(c4ccccc4OC)CC3)cc(=O)n(CCC)c2n(C)c1=O. The summed E-state index contributed by atoms with van der Waals surface area (Å²) in [4.78, 5) is 57.1. The topological polar surface area (TPSA) is 98.8 Å². The van der Waals surface area contributed by atoms with Crippen molar-refractivity contribution in [3.63, 3.8) is 0 Å². The van der Waals surface area contributed by atoms with Gasteiger partial charge >= 0.3 is 5.69 Å². The van der Waals surface area contributed by atoms with Crippen LogP contribution in [0.3, 0.4) is 0 Å². The Morgan fingerprint density at radius 3 is 2.22 bits per heavy atom. The van der Waals surface area contributed by atoms with Crippen LogP contribution in [0.15, 0.2) is 44.7 Å². The number of aryl methyl sites for hydroxylation is 2. The maximum atomic E-state index is 13.7. The van der Waals surface area contributed by atoms with Crippen molar-refractivity contribution in [3.05, 3.63) is 67.1 Å². The third kappa shape index (κ3) is 4.31. The number of methoxy groups -OCH3 is 1. The summed E-state index contributed by atoms with van der Waals surface area (Å²) in [6, 6.07) is 8.99. The molecule has 4 rings (SSSR count). The van der Waals surface area contributed by atoms with E-state index in [0.717, 1.165) is 16.0 Å². The van der Waals surface area contributed by atoms with Gasteiger partial charge in [0, 0.05) is 52.4 Å². The fourth-order valence-corrected chi connectivity index (χ4v) is 4.93. The summed E-state index contributed by atoms with van der Waals surface area (Å²) < 4.78 is 9.37. The highest BCUT2D eigenvalue weighted by molar-refractivity contribution is 6.05. The summed E-state index contributed by atoms with van der Waals surface area (Å²) in [7, 11) is 3.17. The molecular formula is C26H33N5O5. The van der Waals surface area contributed by atoms with Gasteiger partial charge in [-0.05, 0) is 25.0 Å². The molecule has 1 saturated heterocycles. The lowest BCUT2D eigenvalue weighted by Crippen LogP contribution is -2.49. The minimum absolute atomic E-state index is 0.0542. The van der Waals surface area contributed by atoms with Gasteiger partial charge in [0.25, 0.3) is 17.0 Å². The van der Waals surface area contributed by atoms with Crippen LogP contribution in [-0.2, 0) is 20.1 Å². The van der Waals surface area contributed by atoms with Crippen LogP contribution in [0, 0.1) is 0 Å². The van der Waals surface area contributed by atoms with Crippen LogP contribution in [0.5, 0.6) is 5.75 Å². The molecule has 0 radical (unpaired) electrons. The number of amides is 1. The highest BCUT2D eigenvalue weighted by Gasteiger charge is 2.28. The number of carbonyl (C=O) groups is 1. The standard InChI is InChI=1S/C26H33N5O5/c1-5-11-30-21(32)17-18(22-23(30)27(3)26(35)31(12-6-2)25(22)34)24(33)29-15-13-28(14-16-29)19-9-7-8-10-20(19)36-4/h7-10,17H,5-6,11-16H2,1-4H3. The van der Waals surface area contributed by atoms with Crippen LogP contribution in [0.4, 0.5) is 5.69 Å². The molecule has 192 valence electrons. The van der Waals surface area contributed by atoms with Gasteiger partial charge in [-0.2, -0.15) is 0 Å². The number of hydrogen-bond acceptors (Lipinski definition) is 6. The minimum Gasteiger partial charge on any atom is -0.495 e. The number of carbonyl (C=O) groups excluding carboxylic acids is 1. The van der Waals surface area contributed by atoms with Gasteiger partial charge in [0.15, 0.2) is 0 Å². The van der Waals surface area contributed by atoms with Crippen molar-refractivity contribution in [1.82, 2.24) is 18.6 Å². The number of anilines is 1. The molecule has 10 nitrogen and oxygen atoms in total. The summed E-state index contributed by atoms with van der Waals surface area (Å²) in [5, 5.41) is 0.121. The van der Waals surface area contributed by atoms with Crippen molar-refractivity contribution in [2.45, 2.75) is 39.8 Å². The van der Waals surface area contributed by atoms with E-state index in [2.05, 4.69) is 4.90 Å². The molecule has 2 aromatic heterocycles. The summed E-state index contributed by atoms with van der Waals surface area (Å²) in [6.45, 7) is 6.36. The maximum absolute atomic E-state index is 13.7. The highest BCUT2D eigenvalue weighted by atomic mass is 16.5. The Bertz CT molecular complexity index is 1460. The Hall–Kier alpha value is -3.82. The van der Waals surface area contributed by atoms with Gasteiger partial charge in [0.2, 0.25) is 0 Å². The number of fused-ring (bicyclic) bond motifs is 1. The molecule has 10 heteroatoms. The highest BCUT2D eigenvalue weighted by Crippen LogP contribution is 2.28. The predicted octanol–water partition coefficient (Wildman–Crippen LogP) is 1.65. The van der Waals surface area contributed by atoms with Gasteiger partial charge in [-0.15, -0.1) is 0 Å². The van der Waals surface area contributed by atoms with Crippen molar-refractivity contribution in [3.8, 4) is 5.75 Å². The van der Waals surface area contributed by atoms with E-state index in [1.54, 1.807) is 19.1 Å². The number of pyridine rings is 1. The van der Waals surface area contributed by atoms with E-state index in [9.17, 15) is 19.2 Å². The van der Waals surface area contributed by atoms with Crippen LogP contribution in [0.2, 0.25) is 0 Å². The minimum atomic E-state index is -0.532. The summed E-state index contributed by atoms with van der Waals surface area (Å²) >= 11 is 0. The van der Waals surface area contributed by atoms with Gasteiger partial charge in [-0.1, -0.05) is 26.0 Å². The van der Waals surface area contributed by atoms with Crippen molar-refractivity contribution < 1.29 is 9.53 Å². The Labute approximate surface area is 208 Å². The predicted molar refractivity (Wildman–Crippen MR) is 139 cm³/mol. The quantitative estimate of drug-likeness (QED) is 0.494. The third-order valence-corrected chi connectivity index (χ3v) is 6.69. The number of nitrogens with zero attached hydrogens (tertiary/aromatic N) is 5. The molecular weight excluding hydrogens is 462 g/mol. The zero-order valence-electron chi connectivity index (χ0n) is 21.3. The van der Waals surface area contributed by atoms with Crippen LogP contribution in [-0.4, -0.2) is 57.8 Å². The lowest BCUT2D eigenvalue weighted by Gasteiger charge is -2.36. The van der Waals surface area contributed by atoms with E-state index in [1.807, 2.05) is 38.1 Å². The number of para-hydroxylation sites is 2. The molecule has 0 N–H and O–H groups in total. The molecule has 0 aliphatic carbocycles. The second-order valence-corrected chi connectivity index (χ2v) is 9.00. The smallest absolute Gasteiger partial charge is 0.332 e.